The number of halogens is 2. The Hall–Kier alpha value is -3.16. The summed E-state index contributed by atoms with van der Waals surface area (Å²) in [6.07, 6.45) is 6.10. The SMILES string of the molecule is COC(=O)c1cc(C#N)c2nc(N3[C@@H]4CC[C@H]3CC(OCc3c(-c5c(Cl)cccc5Cl)noc3C3CC3)C4)sc2c1. The largest absolute Gasteiger partial charge is 0.465 e. The minimum absolute atomic E-state index is 0.0789. The van der Waals surface area contributed by atoms with Crippen LogP contribution in [0.25, 0.3) is 21.5 Å². The van der Waals surface area contributed by atoms with Crippen LogP contribution in [-0.4, -0.2) is 41.4 Å². The molecule has 2 bridgehead atoms. The lowest BCUT2D eigenvalue weighted by atomic mass is 10.00. The molecule has 210 valence electrons. The predicted molar refractivity (Wildman–Crippen MR) is 157 cm³/mol. The lowest BCUT2D eigenvalue weighted by Gasteiger charge is -2.38. The van der Waals surface area contributed by atoms with Crippen molar-refractivity contribution in [3.63, 3.8) is 0 Å². The number of carbonyl (C=O) groups is 1. The molecule has 41 heavy (non-hydrogen) atoms. The number of fused-ring (bicyclic) bond motifs is 3. The summed E-state index contributed by atoms with van der Waals surface area (Å²) in [6, 6.07) is 11.5. The highest BCUT2D eigenvalue weighted by Gasteiger charge is 2.43. The molecular formula is C30H26Cl2N4O4S. The van der Waals surface area contributed by atoms with E-state index in [1.54, 1.807) is 12.1 Å². The number of aromatic nitrogens is 2. The first-order valence-electron chi connectivity index (χ1n) is 13.7. The van der Waals surface area contributed by atoms with Gasteiger partial charge in [-0.3, -0.25) is 0 Å². The number of esters is 1. The highest BCUT2D eigenvalue weighted by atomic mass is 35.5. The number of nitrogens with zero attached hydrogens (tertiary/aromatic N) is 4. The van der Waals surface area contributed by atoms with Crippen molar-refractivity contribution in [3.05, 3.63) is 62.8 Å². The second-order valence-corrected chi connectivity index (χ2v) is 12.7. The number of hydrogen-bond donors (Lipinski definition) is 0. The lowest BCUT2D eigenvalue weighted by molar-refractivity contribution is 0.0147. The molecule has 3 aliphatic rings. The van der Waals surface area contributed by atoms with Crippen molar-refractivity contribution >= 4 is 55.9 Å². The Kier molecular flexibility index (Phi) is 6.90. The molecular weight excluding hydrogens is 583 g/mol. The van der Waals surface area contributed by atoms with Crippen LogP contribution in [-0.2, 0) is 16.1 Å². The first kappa shape index (κ1) is 26.7. The van der Waals surface area contributed by atoms with Gasteiger partial charge in [-0.05, 0) is 62.8 Å². The number of rotatable bonds is 7. The third-order valence-electron chi connectivity index (χ3n) is 8.37. The Morgan fingerprint density at radius 1 is 1.17 bits per heavy atom. The van der Waals surface area contributed by atoms with Gasteiger partial charge in [0.1, 0.15) is 23.0 Å². The summed E-state index contributed by atoms with van der Waals surface area (Å²) < 4.78 is 18.1. The maximum absolute atomic E-state index is 12.1. The summed E-state index contributed by atoms with van der Waals surface area (Å²) in [6.45, 7) is 0.388. The van der Waals surface area contributed by atoms with Crippen molar-refractivity contribution in [1.82, 2.24) is 10.1 Å². The molecule has 0 N–H and O–H groups in total. The molecule has 0 radical (unpaired) electrons. The van der Waals surface area contributed by atoms with Crippen LogP contribution in [0.4, 0.5) is 5.13 Å². The van der Waals surface area contributed by atoms with Crippen molar-refractivity contribution in [2.24, 2.45) is 0 Å². The van der Waals surface area contributed by atoms with E-state index >= 15 is 0 Å². The molecule has 11 heteroatoms. The number of ether oxygens (including phenoxy) is 2. The molecule has 2 saturated heterocycles. The number of methoxy groups -OCH3 is 1. The molecule has 4 aromatic rings. The van der Waals surface area contributed by atoms with Crippen molar-refractivity contribution in [3.8, 4) is 17.3 Å². The summed E-state index contributed by atoms with van der Waals surface area (Å²) in [5.74, 6) is 0.783. The van der Waals surface area contributed by atoms with Gasteiger partial charge in [0.2, 0.25) is 0 Å². The summed E-state index contributed by atoms with van der Waals surface area (Å²) in [5.41, 5.74) is 3.65. The number of carbonyl (C=O) groups excluding carboxylic acids is 1. The van der Waals surface area contributed by atoms with Crippen LogP contribution in [0.3, 0.4) is 0 Å². The minimum Gasteiger partial charge on any atom is -0.465 e. The highest BCUT2D eigenvalue weighted by Crippen LogP contribution is 2.47. The van der Waals surface area contributed by atoms with Gasteiger partial charge in [0.05, 0.1) is 45.7 Å². The Labute approximate surface area is 250 Å². The van der Waals surface area contributed by atoms with Crippen LogP contribution in [0.2, 0.25) is 10.0 Å². The molecule has 3 fully saturated rings. The fraction of sp³-hybridized carbons (Fsp3) is 0.400. The fourth-order valence-corrected chi connectivity index (χ4v) is 8.03. The molecule has 8 nitrogen and oxygen atoms in total. The molecule has 0 spiro atoms. The third-order valence-corrected chi connectivity index (χ3v) is 10.0. The van der Waals surface area contributed by atoms with Gasteiger partial charge in [-0.15, -0.1) is 0 Å². The van der Waals surface area contributed by atoms with Crippen LogP contribution in [0.1, 0.15) is 71.7 Å². The second kappa shape index (κ2) is 10.6. The molecule has 1 unspecified atom stereocenters. The van der Waals surface area contributed by atoms with Gasteiger partial charge in [-0.1, -0.05) is 45.8 Å². The first-order valence-corrected chi connectivity index (χ1v) is 15.3. The molecule has 1 saturated carbocycles. The maximum Gasteiger partial charge on any atom is 0.337 e. The zero-order valence-electron chi connectivity index (χ0n) is 22.2. The molecule has 0 amide bonds. The van der Waals surface area contributed by atoms with Crippen LogP contribution in [0.15, 0.2) is 34.9 Å². The van der Waals surface area contributed by atoms with Gasteiger partial charge in [-0.25, -0.2) is 9.78 Å². The van der Waals surface area contributed by atoms with E-state index in [1.165, 1.54) is 18.4 Å². The van der Waals surface area contributed by atoms with Crippen molar-refractivity contribution in [1.29, 1.82) is 5.26 Å². The van der Waals surface area contributed by atoms with Crippen molar-refractivity contribution in [2.45, 2.75) is 69.2 Å². The normalized spacial score (nSPS) is 21.8. The van der Waals surface area contributed by atoms with Crippen molar-refractivity contribution < 1.29 is 18.8 Å². The van der Waals surface area contributed by atoms with Gasteiger partial charge >= 0.3 is 5.97 Å². The van der Waals surface area contributed by atoms with Crippen LogP contribution < -0.4 is 4.90 Å². The van der Waals surface area contributed by atoms with E-state index in [2.05, 4.69) is 16.1 Å². The van der Waals surface area contributed by atoms with E-state index < -0.39 is 5.97 Å². The van der Waals surface area contributed by atoms with E-state index in [4.69, 9.17) is 42.2 Å². The van der Waals surface area contributed by atoms with Gasteiger partial charge in [0.15, 0.2) is 5.13 Å². The molecule has 2 aromatic carbocycles. The second-order valence-electron chi connectivity index (χ2n) is 10.9. The third kappa shape index (κ3) is 4.77. The summed E-state index contributed by atoms with van der Waals surface area (Å²) >= 11 is 14.6. The molecule has 2 aromatic heterocycles. The summed E-state index contributed by atoms with van der Waals surface area (Å²) in [5, 5.41) is 16.1. The molecule has 2 aliphatic heterocycles. The fourth-order valence-electron chi connectivity index (χ4n) is 6.27. The van der Waals surface area contributed by atoms with Gasteiger partial charge in [0.25, 0.3) is 0 Å². The first-order chi connectivity index (χ1) is 19.9. The van der Waals surface area contributed by atoms with E-state index in [0.717, 1.165) is 59.7 Å². The summed E-state index contributed by atoms with van der Waals surface area (Å²) in [4.78, 5) is 19.4. The minimum atomic E-state index is -0.464. The van der Waals surface area contributed by atoms with Crippen LogP contribution >= 0.6 is 34.5 Å². The Bertz CT molecular complexity index is 1670. The van der Waals surface area contributed by atoms with Gasteiger partial charge < -0.3 is 18.9 Å². The number of nitriles is 1. The standard InChI is InChI=1S/C30H26Cl2N4O4S/c1-38-29(37)16-9-17(13-33)26-24(10-16)41-30(34-26)36-18-7-8-19(36)12-20(11-18)39-14-21-27(35-40-28(21)15-5-6-15)25-22(31)3-2-4-23(25)32/h2-4,9-10,15,18-20H,5-8,11-12,14H2,1H3/t18-,19+,20?. The smallest absolute Gasteiger partial charge is 0.337 e. The Morgan fingerprint density at radius 3 is 2.56 bits per heavy atom. The van der Waals surface area contributed by atoms with E-state index in [9.17, 15) is 10.1 Å². The van der Waals surface area contributed by atoms with Gasteiger partial charge in [-0.2, -0.15) is 5.26 Å². The maximum atomic E-state index is 12.1. The average molecular weight is 610 g/mol. The molecule has 4 heterocycles. The molecule has 7 rings (SSSR count). The van der Waals surface area contributed by atoms with E-state index in [1.807, 2.05) is 18.2 Å². The zero-order chi connectivity index (χ0) is 28.2. The van der Waals surface area contributed by atoms with Crippen molar-refractivity contribution in [2.75, 3.05) is 12.0 Å². The lowest BCUT2D eigenvalue weighted by Crippen LogP contribution is -2.45. The van der Waals surface area contributed by atoms with Crippen LogP contribution in [0.5, 0.6) is 0 Å². The van der Waals surface area contributed by atoms with E-state index in [0.29, 0.717) is 50.5 Å². The van der Waals surface area contributed by atoms with Crippen LogP contribution in [0, 0.1) is 11.3 Å². The number of hydrogen-bond acceptors (Lipinski definition) is 9. The Balaban J connectivity index is 1.11. The highest BCUT2D eigenvalue weighted by molar-refractivity contribution is 7.22. The summed E-state index contributed by atoms with van der Waals surface area (Å²) in [7, 11) is 1.34. The van der Waals surface area contributed by atoms with E-state index in [-0.39, 0.29) is 18.2 Å². The average Bonchev–Trinajstić information content (AvgIpc) is 3.50. The number of thiazole rings is 1. The topological polar surface area (TPSA) is 101 Å². The number of benzene rings is 2. The Morgan fingerprint density at radius 2 is 1.90 bits per heavy atom. The molecule has 3 atom stereocenters. The quantitative estimate of drug-likeness (QED) is 0.199. The van der Waals surface area contributed by atoms with Gasteiger partial charge in [0, 0.05) is 29.1 Å². The monoisotopic (exact) mass is 608 g/mol. The predicted octanol–water partition coefficient (Wildman–Crippen LogP) is 7.51. The number of anilines is 1. The zero-order valence-corrected chi connectivity index (χ0v) is 24.6. The molecule has 1 aliphatic carbocycles. The number of piperidine rings is 1.